The second-order valence-electron chi connectivity index (χ2n) is 6.29. The minimum Gasteiger partial charge on any atom is -0.381 e. The molecule has 2 heterocycles. The molecule has 3 nitrogen and oxygen atoms in total. The molecule has 0 spiro atoms. The van der Waals surface area contributed by atoms with Crippen LogP contribution in [0.5, 0.6) is 0 Å². The number of ketones is 1. The Labute approximate surface area is 135 Å². The number of rotatable bonds is 3. The molecule has 0 aliphatic carbocycles. The summed E-state index contributed by atoms with van der Waals surface area (Å²) in [7, 11) is 0. The second kappa shape index (κ2) is 6.65. The van der Waals surface area contributed by atoms with Gasteiger partial charge in [-0.05, 0) is 37.5 Å². The van der Waals surface area contributed by atoms with Gasteiger partial charge in [0.1, 0.15) is 11.6 Å². The van der Waals surface area contributed by atoms with Crippen LogP contribution in [0.15, 0.2) is 18.2 Å². The zero-order chi connectivity index (χ0) is 15.7. The molecule has 1 aromatic rings. The quantitative estimate of drug-likeness (QED) is 0.854. The van der Waals surface area contributed by atoms with Crippen LogP contribution in [-0.2, 0) is 9.53 Å². The molecule has 22 heavy (non-hydrogen) atoms. The summed E-state index contributed by atoms with van der Waals surface area (Å²) in [5.74, 6) is -0.400. The maximum absolute atomic E-state index is 14.3. The summed E-state index contributed by atoms with van der Waals surface area (Å²) in [6, 6.07) is 5.21. The van der Waals surface area contributed by atoms with Crippen molar-refractivity contribution in [3.8, 4) is 0 Å². The lowest BCUT2D eigenvalue weighted by Gasteiger charge is -2.31. The molecule has 3 rings (SSSR count). The lowest BCUT2D eigenvalue weighted by atomic mass is 9.86. The van der Waals surface area contributed by atoms with Gasteiger partial charge in [-0.3, -0.25) is 9.69 Å². The average molecular weight is 326 g/mol. The normalized spacial score (nSPS) is 27.2. The standard InChI is InChI=1S/C17H21ClFNO2/c1-11(21)15-9-20(13-4-6-22-7-5-13)10-16(15)14-3-2-12(18)8-17(14)19/h2-3,8,13,15-16H,4-7,9-10H2,1H3/t15-,16-/m0/s1. The molecule has 1 aromatic carbocycles. The molecule has 0 unspecified atom stereocenters. The number of carbonyl (C=O) groups is 1. The first-order valence-electron chi connectivity index (χ1n) is 7.83. The molecule has 0 N–H and O–H groups in total. The van der Waals surface area contributed by atoms with E-state index in [4.69, 9.17) is 16.3 Å². The summed E-state index contributed by atoms with van der Waals surface area (Å²) >= 11 is 5.84. The zero-order valence-electron chi connectivity index (χ0n) is 12.7. The van der Waals surface area contributed by atoms with Gasteiger partial charge in [0.2, 0.25) is 0 Å². The van der Waals surface area contributed by atoms with E-state index in [1.807, 2.05) is 0 Å². The highest BCUT2D eigenvalue weighted by atomic mass is 35.5. The van der Waals surface area contributed by atoms with Gasteiger partial charge in [-0.15, -0.1) is 0 Å². The van der Waals surface area contributed by atoms with Gasteiger partial charge in [0.25, 0.3) is 0 Å². The molecule has 0 radical (unpaired) electrons. The monoisotopic (exact) mass is 325 g/mol. The summed E-state index contributed by atoms with van der Waals surface area (Å²) in [5, 5.41) is 0.389. The van der Waals surface area contributed by atoms with Gasteiger partial charge in [-0.2, -0.15) is 0 Å². The van der Waals surface area contributed by atoms with Crippen molar-refractivity contribution in [3.63, 3.8) is 0 Å². The van der Waals surface area contributed by atoms with Crippen LogP contribution >= 0.6 is 11.6 Å². The van der Waals surface area contributed by atoms with Crippen molar-refractivity contribution < 1.29 is 13.9 Å². The van der Waals surface area contributed by atoms with Gasteiger partial charge in [-0.25, -0.2) is 4.39 Å². The molecule has 2 saturated heterocycles. The largest absolute Gasteiger partial charge is 0.381 e. The molecule has 5 heteroatoms. The molecule has 0 aromatic heterocycles. The molecule has 120 valence electrons. The third-order valence-electron chi connectivity index (χ3n) is 4.94. The third kappa shape index (κ3) is 3.19. The maximum atomic E-state index is 14.3. The molecular weight excluding hydrogens is 305 g/mol. The van der Waals surface area contributed by atoms with Gasteiger partial charge >= 0.3 is 0 Å². The van der Waals surface area contributed by atoms with Gasteiger partial charge in [-0.1, -0.05) is 17.7 Å². The molecule has 0 amide bonds. The fourth-order valence-corrected chi connectivity index (χ4v) is 3.87. The van der Waals surface area contributed by atoms with Gasteiger partial charge in [0.15, 0.2) is 0 Å². The van der Waals surface area contributed by atoms with Crippen molar-refractivity contribution in [2.45, 2.75) is 31.7 Å². The number of likely N-dealkylation sites (tertiary alicyclic amines) is 1. The first-order valence-corrected chi connectivity index (χ1v) is 8.21. The van der Waals surface area contributed by atoms with Gasteiger partial charge < -0.3 is 4.74 Å². The summed E-state index contributed by atoms with van der Waals surface area (Å²) in [4.78, 5) is 14.4. The van der Waals surface area contributed by atoms with Crippen molar-refractivity contribution >= 4 is 17.4 Å². The number of Topliss-reactive ketones (excluding diaryl/α,β-unsaturated/α-hetero) is 1. The smallest absolute Gasteiger partial charge is 0.134 e. The lowest BCUT2D eigenvalue weighted by Crippen LogP contribution is -2.38. The highest BCUT2D eigenvalue weighted by molar-refractivity contribution is 6.30. The predicted molar refractivity (Wildman–Crippen MR) is 83.7 cm³/mol. The number of hydrogen-bond donors (Lipinski definition) is 0. The van der Waals surface area contributed by atoms with Crippen LogP contribution in [0.3, 0.4) is 0 Å². The number of halogens is 2. The number of nitrogens with zero attached hydrogens (tertiary/aromatic N) is 1. The van der Waals surface area contributed by atoms with E-state index in [0.29, 0.717) is 23.2 Å². The summed E-state index contributed by atoms with van der Waals surface area (Å²) in [6.07, 6.45) is 1.97. The van der Waals surface area contributed by atoms with Crippen molar-refractivity contribution in [1.29, 1.82) is 0 Å². The summed E-state index contributed by atoms with van der Waals surface area (Å²) < 4.78 is 19.7. The Morgan fingerprint density at radius 3 is 2.68 bits per heavy atom. The molecule has 2 atom stereocenters. The summed E-state index contributed by atoms with van der Waals surface area (Å²) in [5.41, 5.74) is 0.610. The van der Waals surface area contributed by atoms with E-state index in [0.717, 1.165) is 32.6 Å². The summed E-state index contributed by atoms with van der Waals surface area (Å²) in [6.45, 7) is 4.59. The molecule has 2 fully saturated rings. The fraction of sp³-hybridized carbons (Fsp3) is 0.588. The van der Waals surface area contributed by atoms with Gasteiger partial charge in [0.05, 0.1) is 0 Å². The Hall–Kier alpha value is -0.970. The molecular formula is C17H21ClFNO2. The highest BCUT2D eigenvalue weighted by Gasteiger charge is 2.40. The van der Waals surface area contributed by atoms with Crippen LogP contribution in [0.2, 0.25) is 5.02 Å². The molecule has 0 bridgehead atoms. The lowest BCUT2D eigenvalue weighted by molar-refractivity contribution is -0.120. The number of hydrogen-bond acceptors (Lipinski definition) is 3. The Balaban J connectivity index is 1.83. The number of ether oxygens (including phenoxy) is 1. The zero-order valence-corrected chi connectivity index (χ0v) is 13.5. The van der Waals surface area contributed by atoms with Crippen LogP contribution < -0.4 is 0 Å². The van der Waals surface area contributed by atoms with Crippen LogP contribution in [-0.4, -0.2) is 43.0 Å². The Morgan fingerprint density at radius 1 is 1.32 bits per heavy atom. The molecule has 2 aliphatic heterocycles. The predicted octanol–water partition coefficient (Wildman–Crippen LogP) is 3.26. The minimum absolute atomic E-state index is 0.0855. The van der Waals surface area contributed by atoms with Crippen LogP contribution in [0.4, 0.5) is 4.39 Å². The third-order valence-corrected chi connectivity index (χ3v) is 5.17. The van der Waals surface area contributed by atoms with E-state index in [1.165, 1.54) is 6.07 Å². The van der Waals surface area contributed by atoms with Crippen LogP contribution in [0.1, 0.15) is 31.2 Å². The maximum Gasteiger partial charge on any atom is 0.134 e. The van der Waals surface area contributed by atoms with Crippen molar-refractivity contribution in [2.75, 3.05) is 26.3 Å². The minimum atomic E-state index is -0.308. The van der Waals surface area contributed by atoms with E-state index >= 15 is 0 Å². The van der Waals surface area contributed by atoms with E-state index in [1.54, 1.807) is 19.1 Å². The topological polar surface area (TPSA) is 29.5 Å². The van der Waals surface area contributed by atoms with E-state index in [-0.39, 0.29) is 23.4 Å². The average Bonchev–Trinajstić information content (AvgIpc) is 2.93. The molecule has 0 saturated carbocycles. The Kier molecular flexibility index (Phi) is 4.81. The van der Waals surface area contributed by atoms with E-state index < -0.39 is 0 Å². The second-order valence-corrected chi connectivity index (χ2v) is 6.72. The van der Waals surface area contributed by atoms with Crippen LogP contribution in [0.25, 0.3) is 0 Å². The van der Waals surface area contributed by atoms with E-state index in [2.05, 4.69) is 4.90 Å². The SMILES string of the molecule is CC(=O)[C@@H]1CN(C2CCOCC2)C[C@H]1c1ccc(Cl)cc1F. The first kappa shape index (κ1) is 15.9. The highest BCUT2D eigenvalue weighted by Crippen LogP contribution is 2.37. The first-order chi connectivity index (χ1) is 10.6. The number of benzene rings is 1. The molecule has 2 aliphatic rings. The van der Waals surface area contributed by atoms with Crippen molar-refractivity contribution in [2.24, 2.45) is 5.92 Å². The van der Waals surface area contributed by atoms with Crippen LogP contribution in [0, 0.1) is 11.7 Å². The Morgan fingerprint density at radius 2 is 2.05 bits per heavy atom. The number of carbonyl (C=O) groups excluding carboxylic acids is 1. The van der Waals surface area contributed by atoms with E-state index in [9.17, 15) is 9.18 Å². The fourth-order valence-electron chi connectivity index (χ4n) is 3.71. The Bertz CT molecular complexity index is 560. The van der Waals surface area contributed by atoms with Gasteiger partial charge in [0, 0.05) is 49.2 Å². The van der Waals surface area contributed by atoms with Crippen molar-refractivity contribution in [3.05, 3.63) is 34.6 Å². The van der Waals surface area contributed by atoms with Crippen molar-refractivity contribution in [1.82, 2.24) is 4.90 Å².